The van der Waals surface area contributed by atoms with E-state index in [-0.39, 0.29) is 21.6 Å². The van der Waals surface area contributed by atoms with Crippen molar-refractivity contribution in [3.8, 4) is 0 Å². The summed E-state index contributed by atoms with van der Waals surface area (Å²) in [5.41, 5.74) is 4.98. The summed E-state index contributed by atoms with van der Waals surface area (Å²) in [6.07, 6.45) is 1.31. The highest BCUT2D eigenvalue weighted by atomic mass is 35.5. The zero-order valence-electron chi connectivity index (χ0n) is 9.77. The van der Waals surface area contributed by atoms with Gasteiger partial charge >= 0.3 is 0 Å². The lowest BCUT2D eigenvalue weighted by molar-refractivity contribution is 0.573. The molecule has 2 rings (SSSR count). The Morgan fingerprint density at radius 2 is 1.90 bits per heavy atom. The summed E-state index contributed by atoms with van der Waals surface area (Å²) in [5, 5.41) is 0.284. The van der Waals surface area contributed by atoms with Gasteiger partial charge in [0.15, 0.2) is 5.82 Å². The summed E-state index contributed by atoms with van der Waals surface area (Å²) >= 11 is 11.4. The van der Waals surface area contributed by atoms with Gasteiger partial charge in [-0.15, -0.1) is 0 Å². The molecule has 3 N–H and O–H groups in total. The molecule has 0 aliphatic carbocycles. The summed E-state index contributed by atoms with van der Waals surface area (Å²) in [7, 11) is -4.22. The second-order valence-corrected chi connectivity index (χ2v) is 6.30. The molecule has 0 fully saturated rings. The van der Waals surface area contributed by atoms with Crippen LogP contribution >= 0.6 is 23.2 Å². The molecule has 9 heteroatoms. The van der Waals surface area contributed by atoms with Gasteiger partial charge in [0.05, 0.1) is 5.69 Å². The molecular formula is C11H8Cl2FN3O2S. The van der Waals surface area contributed by atoms with E-state index < -0.39 is 20.7 Å². The van der Waals surface area contributed by atoms with Gasteiger partial charge in [0.2, 0.25) is 0 Å². The van der Waals surface area contributed by atoms with Crippen LogP contribution in [0.25, 0.3) is 0 Å². The Kier molecular flexibility index (Phi) is 4.03. The predicted octanol–water partition coefficient (Wildman–Crippen LogP) is 2.91. The minimum absolute atomic E-state index is 0.00308. The Balaban J connectivity index is 2.46. The third-order valence-corrected chi connectivity index (χ3v) is 4.09. The normalized spacial score (nSPS) is 11.3. The number of nitrogens with two attached hydrogens (primary N) is 1. The number of sulfonamides is 1. The smallest absolute Gasteiger partial charge is 0.266 e. The van der Waals surface area contributed by atoms with Crippen LogP contribution in [-0.2, 0) is 10.0 Å². The van der Waals surface area contributed by atoms with E-state index in [4.69, 9.17) is 28.9 Å². The first-order valence-corrected chi connectivity index (χ1v) is 7.42. The van der Waals surface area contributed by atoms with Crippen LogP contribution in [0.5, 0.6) is 0 Å². The molecule has 0 aliphatic rings. The summed E-state index contributed by atoms with van der Waals surface area (Å²) < 4.78 is 40.1. The summed E-state index contributed by atoms with van der Waals surface area (Å²) in [6, 6.07) is 4.83. The van der Waals surface area contributed by atoms with E-state index in [1.54, 1.807) is 0 Å². The molecule has 1 aromatic heterocycles. The van der Waals surface area contributed by atoms with Crippen LogP contribution in [0.1, 0.15) is 0 Å². The van der Waals surface area contributed by atoms with E-state index in [2.05, 4.69) is 9.71 Å². The lowest BCUT2D eigenvalue weighted by Gasteiger charge is -2.10. The molecule has 0 amide bonds. The summed E-state index contributed by atoms with van der Waals surface area (Å²) in [4.78, 5) is 3.10. The third-order valence-electron chi connectivity index (χ3n) is 2.28. The van der Waals surface area contributed by atoms with Gasteiger partial charge in [-0.25, -0.2) is 17.8 Å². The third kappa shape index (κ3) is 3.12. The van der Waals surface area contributed by atoms with Gasteiger partial charge < -0.3 is 5.73 Å². The fourth-order valence-corrected chi connectivity index (χ4v) is 3.02. The SMILES string of the molecule is Nc1cc(Cl)cc(S(=O)(=O)Nc2cc(Cl)ccn2)c1F. The Morgan fingerprint density at radius 3 is 2.55 bits per heavy atom. The van der Waals surface area contributed by atoms with Crippen molar-refractivity contribution < 1.29 is 12.8 Å². The molecule has 0 radical (unpaired) electrons. The molecule has 0 saturated carbocycles. The number of aromatic nitrogens is 1. The first-order valence-electron chi connectivity index (χ1n) is 5.18. The molecule has 0 bridgehead atoms. The number of halogens is 3. The Bertz CT molecular complexity index is 768. The van der Waals surface area contributed by atoms with Crippen molar-refractivity contribution >= 4 is 44.7 Å². The van der Waals surface area contributed by atoms with Crippen molar-refractivity contribution in [2.24, 2.45) is 0 Å². The molecular weight excluding hydrogens is 328 g/mol. The molecule has 0 saturated heterocycles. The fraction of sp³-hybridized carbons (Fsp3) is 0. The van der Waals surface area contributed by atoms with Crippen molar-refractivity contribution in [2.45, 2.75) is 4.90 Å². The van der Waals surface area contributed by atoms with Crippen LogP contribution in [0, 0.1) is 5.82 Å². The first kappa shape index (κ1) is 14.8. The topological polar surface area (TPSA) is 85.1 Å². The van der Waals surface area contributed by atoms with Gasteiger partial charge in [-0.2, -0.15) is 0 Å². The number of anilines is 2. The van der Waals surface area contributed by atoms with Gasteiger partial charge in [0, 0.05) is 22.3 Å². The molecule has 5 nitrogen and oxygen atoms in total. The number of benzene rings is 1. The van der Waals surface area contributed by atoms with Crippen LogP contribution in [-0.4, -0.2) is 13.4 Å². The van der Waals surface area contributed by atoms with Gasteiger partial charge in [-0.3, -0.25) is 4.72 Å². The lowest BCUT2D eigenvalue weighted by atomic mass is 10.3. The minimum Gasteiger partial charge on any atom is -0.396 e. The Hall–Kier alpha value is -1.57. The van der Waals surface area contributed by atoms with Crippen molar-refractivity contribution in [1.29, 1.82) is 0 Å². The van der Waals surface area contributed by atoms with Gasteiger partial charge in [0.1, 0.15) is 10.7 Å². The zero-order chi connectivity index (χ0) is 14.9. The molecule has 2 aromatic rings. The molecule has 0 aliphatic heterocycles. The number of hydrogen-bond donors (Lipinski definition) is 2. The number of nitrogens with zero attached hydrogens (tertiary/aromatic N) is 1. The highest BCUT2D eigenvalue weighted by Crippen LogP contribution is 2.26. The number of nitrogen functional groups attached to an aromatic ring is 1. The average molecular weight is 336 g/mol. The van der Waals surface area contributed by atoms with E-state index in [0.717, 1.165) is 12.1 Å². The largest absolute Gasteiger partial charge is 0.396 e. The molecule has 106 valence electrons. The number of nitrogens with one attached hydrogen (secondary N) is 1. The van der Waals surface area contributed by atoms with Crippen molar-refractivity contribution in [1.82, 2.24) is 4.98 Å². The van der Waals surface area contributed by atoms with E-state index in [1.165, 1.54) is 18.3 Å². The molecule has 0 spiro atoms. The fourth-order valence-electron chi connectivity index (χ4n) is 1.43. The van der Waals surface area contributed by atoms with Crippen molar-refractivity contribution in [2.75, 3.05) is 10.5 Å². The molecule has 0 unspecified atom stereocenters. The van der Waals surface area contributed by atoms with Gasteiger partial charge in [0.25, 0.3) is 10.0 Å². The monoisotopic (exact) mass is 335 g/mol. The summed E-state index contributed by atoms with van der Waals surface area (Å²) in [5.74, 6) is -1.13. The van der Waals surface area contributed by atoms with Gasteiger partial charge in [-0.1, -0.05) is 23.2 Å². The minimum atomic E-state index is -4.22. The molecule has 20 heavy (non-hydrogen) atoms. The van der Waals surface area contributed by atoms with E-state index in [1.807, 2.05) is 0 Å². The summed E-state index contributed by atoms with van der Waals surface area (Å²) in [6.45, 7) is 0. The molecule has 1 aromatic carbocycles. The Labute approximate surface area is 124 Å². The highest BCUT2D eigenvalue weighted by Gasteiger charge is 2.22. The predicted molar refractivity (Wildman–Crippen MR) is 75.9 cm³/mol. The van der Waals surface area contributed by atoms with E-state index in [9.17, 15) is 12.8 Å². The van der Waals surface area contributed by atoms with E-state index >= 15 is 0 Å². The highest BCUT2D eigenvalue weighted by molar-refractivity contribution is 7.92. The first-order chi connectivity index (χ1) is 9.29. The average Bonchev–Trinajstić information content (AvgIpc) is 2.33. The Morgan fingerprint density at radius 1 is 1.20 bits per heavy atom. The maximum absolute atomic E-state index is 13.8. The second-order valence-electron chi connectivity index (χ2n) is 3.77. The van der Waals surface area contributed by atoms with E-state index in [0.29, 0.717) is 0 Å². The second kappa shape index (κ2) is 5.43. The maximum Gasteiger partial charge on any atom is 0.266 e. The van der Waals surface area contributed by atoms with Crippen LogP contribution in [0.4, 0.5) is 15.9 Å². The van der Waals surface area contributed by atoms with Crippen molar-refractivity contribution in [3.63, 3.8) is 0 Å². The van der Waals surface area contributed by atoms with Crippen LogP contribution in [0.2, 0.25) is 10.0 Å². The number of rotatable bonds is 3. The molecule has 0 atom stereocenters. The number of pyridine rings is 1. The van der Waals surface area contributed by atoms with Gasteiger partial charge in [-0.05, 0) is 18.2 Å². The van der Waals surface area contributed by atoms with Crippen LogP contribution < -0.4 is 10.5 Å². The lowest BCUT2D eigenvalue weighted by Crippen LogP contribution is -2.16. The standard InChI is InChI=1S/C11H8Cl2FN3O2S/c12-6-1-2-16-10(5-6)17-20(18,19)9-4-7(13)3-8(15)11(9)14/h1-5H,15H2,(H,16,17). The van der Waals surface area contributed by atoms with Crippen LogP contribution in [0.3, 0.4) is 0 Å². The maximum atomic E-state index is 13.8. The number of hydrogen-bond acceptors (Lipinski definition) is 4. The van der Waals surface area contributed by atoms with Crippen molar-refractivity contribution in [3.05, 3.63) is 46.3 Å². The van der Waals surface area contributed by atoms with Crippen LogP contribution in [0.15, 0.2) is 35.4 Å². The molecule has 1 heterocycles. The quantitative estimate of drug-likeness (QED) is 0.844. The zero-order valence-corrected chi connectivity index (χ0v) is 12.1.